The third kappa shape index (κ3) is 6.97. The van der Waals surface area contributed by atoms with E-state index in [9.17, 15) is 20.1 Å². The molecule has 2 unspecified atom stereocenters. The molecule has 1 aromatic heterocycles. The van der Waals surface area contributed by atoms with Gasteiger partial charge in [-0.3, -0.25) is 10.1 Å². The number of aromatic amines is 1. The predicted octanol–water partition coefficient (Wildman–Crippen LogP) is 2.86. The first-order valence-corrected chi connectivity index (χ1v) is 13.1. The van der Waals surface area contributed by atoms with Gasteiger partial charge in [-0.25, -0.2) is 0 Å². The van der Waals surface area contributed by atoms with Gasteiger partial charge in [0.25, 0.3) is 0 Å². The number of thiazole rings is 1. The summed E-state index contributed by atoms with van der Waals surface area (Å²) in [5.41, 5.74) is 4.22. The number of rotatable bonds is 13. The number of ether oxygens (including phenoxy) is 1. The summed E-state index contributed by atoms with van der Waals surface area (Å²) in [7, 11) is 1.69. The molecule has 3 aromatic carbocycles. The third-order valence-corrected chi connectivity index (χ3v) is 7.25. The van der Waals surface area contributed by atoms with Crippen molar-refractivity contribution in [1.82, 2.24) is 15.6 Å². The highest BCUT2D eigenvalue weighted by molar-refractivity contribution is 7.16. The van der Waals surface area contributed by atoms with Gasteiger partial charge in [-0.2, -0.15) is 0 Å². The van der Waals surface area contributed by atoms with Gasteiger partial charge in [0.1, 0.15) is 29.3 Å². The number of fused-ring (bicyclic) bond motifs is 1. The Balaban J connectivity index is 1.22. The molecule has 0 saturated heterocycles. The molecule has 0 aliphatic carbocycles. The lowest BCUT2D eigenvalue weighted by Gasteiger charge is -2.20. The van der Waals surface area contributed by atoms with Crippen molar-refractivity contribution in [2.45, 2.75) is 31.6 Å². The minimum atomic E-state index is -1.25. The van der Waals surface area contributed by atoms with Crippen LogP contribution < -0.4 is 20.2 Å². The number of para-hydroxylation sites is 1. The zero-order valence-corrected chi connectivity index (χ0v) is 21.6. The number of hydrogen-bond acceptors (Lipinski definition) is 8. The summed E-state index contributed by atoms with van der Waals surface area (Å²) >= 11 is 0.890. The number of nitrogens with one attached hydrogen (secondary N) is 3. The van der Waals surface area contributed by atoms with Crippen molar-refractivity contribution < 1.29 is 20.1 Å². The Bertz CT molecular complexity index is 1370. The smallest absolute Gasteiger partial charge is 0.305 e. The quantitative estimate of drug-likeness (QED) is 0.118. The number of benzene rings is 3. The molecular weight excluding hydrogens is 490 g/mol. The molecule has 2 atom stereocenters. The molecule has 8 nitrogen and oxygen atoms in total. The van der Waals surface area contributed by atoms with Crippen LogP contribution in [0, 0.1) is 0 Å². The molecule has 0 bridgehead atoms. The van der Waals surface area contributed by atoms with Gasteiger partial charge < -0.3 is 30.4 Å². The third-order valence-electron chi connectivity index (χ3n) is 6.32. The minimum Gasteiger partial charge on any atom is -0.506 e. The fourth-order valence-corrected chi connectivity index (χ4v) is 5.25. The van der Waals surface area contributed by atoms with E-state index in [2.05, 4.69) is 33.8 Å². The molecule has 1 heterocycles. The van der Waals surface area contributed by atoms with Crippen molar-refractivity contribution in [2.75, 3.05) is 26.7 Å². The number of aliphatic hydroxyl groups is 2. The lowest BCUT2D eigenvalue weighted by Crippen LogP contribution is -2.36. The first-order chi connectivity index (χ1) is 18.0. The van der Waals surface area contributed by atoms with Gasteiger partial charge in [-0.15, -0.1) is 0 Å². The van der Waals surface area contributed by atoms with Crippen LogP contribution in [-0.4, -0.2) is 53.3 Å². The van der Waals surface area contributed by atoms with Gasteiger partial charge in [0.05, 0.1) is 11.8 Å². The molecular formula is C28H33N3O5S. The zero-order chi connectivity index (χ0) is 26.2. The molecule has 4 rings (SSSR count). The highest BCUT2D eigenvalue weighted by atomic mass is 32.1. The second kappa shape index (κ2) is 12.8. The molecule has 6 N–H and O–H groups in total. The normalized spacial score (nSPS) is 13.1. The summed E-state index contributed by atoms with van der Waals surface area (Å²) in [5.74, 6) is 0.847. The van der Waals surface area contributed by atoms with E-state index in [1.807, 2.05) is 30.3 Å². The van der Waals surface area contributed by atoms with Gasteiger partial charge in [0.15, 0.2) is 0 Å². The highest BCUT2D eigenvalue weighted by Crippen LogP contribution is 2.32. The Labute approximate surface area is 219 Å². The average Bonchev–Trinajstić information content (AvgIpc) is 3.31. The Kier molecular flexibility index (Phi) is 9.32. The summed E-state index contributed by atoms with van der Waals surface area (Å²) in [6.07, 6.45) is 0.0256. The molecule has 0 fully saturated rings. The lowest BCUT2D eigenvalue weighted by atomic mass is 10.0. The van der Waals surface area contributed by atoms with Crippen molar-refractivity contribution >= 4 is 21.6 Å². The van der Waals surface area contributed by atoms with Gasteiger partial charge in [-0.05, 0) is 61.2 Å². The molecule has 37 heavy (non-hydrogen) atoms. The molecule has 4 aromatic rings. The molecule has 0 spiro atoms. The Morgan fingerprint density at radius 1 is 0.946 bits per heavy atom. The summed E-state index contributed by atoms with van der Waals surface area (Å²) in [4.78, 5) is 13.9. The fourth-order valence-electron chi connectivity index (χ4n) is 4.35. The van der Waals surface area contributed by atoms with Gasteiger partial charge in [0, 0.05) is 12.1 Å². The number of methoxy groups -OCH3 is 1. The Hall–Kier alpha value is -3.21. The monoisotopic (exact) mass is 523 g/mol. The van der Waals surface area contributed by atoms with E-state index < -0.39 is 12.3 Å². The Morgan fingerprint density at radius 3 is 2.46 bits per heavy atom. The topological polar surface area (TPSA) is 127 Å². The van der Waals surface area contributed by atoms with Crippen molar-refractivity contribution in [2.24, 2.45) is 0 Å². The van der Waals surface area contributed by atoms with Crippen LogP contribution in [0.4, 0.5) is 0 Å². The number of hydrogen-bond donors (Lipinski definition) is 6. The largest absolute Gasteiger partial charge is 0.506 e. The number of aromatic nitrogens is 1. The van der Waals surface area contributed by atoms with Gasteiger partial charge in [0.2, 0.25) is 0 Å². The number of aliphatic hydroxyl groups excluding tert-OH is 2. The first-order valence-electron chi connectivity index (χ1n) is 12.3. The predicted molar refractivity (Wildman–Crippen MR) is 146 cm³/mol. The zero-order valence-electron chi connectivity index (χ0n) is 20.7. The van der Waals surface area contributed by atoms with E-state index >= 15 is 0 Å². The molecule has 0 aliphatic rings. The molecule has 0 aliphatic heterocycles. The van der Waals surface area contributed by atoms with Crippen molar-refractivity contribution in [1.29, 1.82) is 0 Å². The number of H-pyrrole nitrogens is 1. The summed E-state index contributed by atoms with van der Waals surface area (Å²) < 4.78 is 5.84. The minimum absolute atomic E-state index is 0.0711. The maximum absolute atomic E-state index is 11.7. The summed E-state index contributed by atoms with van der Waals surface area (Å²) in [5, 5.41) is 37.5. The van der Waals surface area contributed by atoms with E-state index in [0.29, 0.717) is 23.2 Å². The molecule has 0 radical (unpaired) electrons. The van der Waals surface area contributed by atoms with Crippen LogP contribution in [0.3, 0.4) is 0 Å². The van der Waals surface area contributed by atoms with Crippen LogP contribution >= 0.6 is 11.3 Å². The van der Waals surface area contributed by atoms with E-state index in [1.165, 1.54) is 23.3 Å². The second-order valence-electron chi connectivity index (χ2n) is 8.87. The molecule has 9 heteroatoms. The van der Waals surface area contributed by atoms with E-state index in [-0.39, 0.29) is 16.1 Å². The Morgan fingerprint density at radius 2 is 1.68 bits per heavy atom. The fraction of sp³-hybridized carbons (Fsp3) is 0.321. The van der Waals surface area contributed by atoms with E-state index in [4.69, 9.17) is 4.74 Å². The van der Waals surface area contributed by atoms with Crippen LogP contribution in [-0.2, 0) is 19.3 Å². The molecule has 196 valence electrons. The van der Waals surface area contributed by atoms with Crippen LogP contribution in [0.1, 0.15) is 28.4 Å². The van der Waals surface area contributed by atoms with Crippen LogP contribution in [0.2, 0.25) is 0 Å². The maximum atomic E-state index is 11.7. The number of phenolic OH excluding ortho intramolecular Hbond substituents is 1. The molecule has 0 saturated carbocycles. The second-order valence-corrected chi connectivity index (χ2v) is 9.85. The first kappa shape index (κ1) is 26.8. The van der Waals surface area contributed by atoms with E-state index in [1.54, 1.807) is 7.11 Å². The number of aromatic hydroxyl groups is 1. The van der Waals surface area contributed by atoms with Crippen molar-refractivity contribution in [3.63, 3.8) is 0 Å². The van der Waals surface area contributed by atoms with Crippen LogP contribution in [0.5, 0.6) is 11.5 Å². The van der Waals surface area contributed by atoms with Gasteiger partial charge in [-0.1, -0.05) is 59.9 Å². The van der Waals surface area contributed by atoms with Gasteiger partial charge >= 0.3 is 4.87 Å². The highest BCUT2D eigenvalue weighted by Gasteiger charge is 2.22. The van der Waals surface area contributed by atoms with Crippen LogP contribution in [0.25, 0.3) is 10.2 Å². The molecule has 0 amide bonds. The maximum Gasteiger partial charge on any atom is 0.305 e. The van der Waals surface area contributed by atoms with Crippen LogP contribution in [0.15, 0.2) is 65.5 Å². The summed E-state index contributed by atoms with van der Waals surface area (Å²) in [6.45, 7) is 2.20. The lowest BCUT2D eigenvalue weighted by molar-refractivity contribution is -0.00168. The summed E-state index contributed by atoms with van der Waals surface area (Å²) in [6, 6.07) is 19.3. The SMILES string of the molecule is COc1ccccc1CCNCCc1cccc(CCNC(O)C(O)c2ccc(O)c3[nH]c(=O)sc23)c1. The number of phenols is 1. The van der Waals surface area contributed by atoms with E-state index in [0.717, 1.165) is 48.6 Å². The average molecular weight is 524 g/mol. The standard InChI is InChI=1S/C28H33N3O5S/c1-36-23-8-3-2-7-20(23)13-15-29-14-11-18-5-4-6-19(17-18)12-16-30-27(34)25(33)21-9-10-22(32)24-26(21)37-28(35)31-24/h2-10,17,25,27,29-30,32-34H,11-16H2,1H3,(H,31,35). The van der Waals surface area contributed by atoms with Crippen molar-refractivity contribution in [3.05, 3.63) is 92.6 Å². The van der Waals surface area contributed by atoms with Crippen molar-refractivity contribution in [3.8, 4) is 11.5 Å².